The van der Waals surface area contributed by atoms with Crippen LogP contribution >= 0.6 is 0 Å². The number of nitrogens with zero attached hydrogens (tertiary/aromatic N) is 3. The zero-order chi connectivity index (χ0) is 41.6. The minimum Gasteiger partial charge on any atom is -0.497 e. The maximum atomic E-state index is 14.6. The molecule has 1 saturated heterocycles. The highest BCUT2D eigenvalue weighted by molar-refractivity contribution is 7.91. The quantitative estimate of drug-likeness (QED) is 0.321. The highest BCUT2D eigenvalue weighted by Crippen LogP contribution is 2.49. The molecule has 1 aromatic carbocycles. The highest BCUT2D eigenvalue weighted by Gasteiger charge is 2.65. The molecule has 318 valence electrons. The van der Waals surface area contributed by atoms with Gasteiger partial charge in [-0.1, -0.05) is 19.8 Å². The van der Waals surface area contributed by atoms with Gasteiger partial charge in [0.25, 0.3) is 5.91 Å². The van der Waals surface area contributed by atoms with Crippen molar-refractivity contribution in [1.29, 1.82) is 0 Å². The highest BCUT2D eigenvalue weighted by atomic mass is 32.2. The van der Waals surface area contributed by atoms with Gasteiger partial charge in [0, 0.05) is 18.4 Å². The molecule has 3 heterocycles. The summed E-state index contributed by atoms with van der Waals surface area (Å²) in [5.74, 6) is -3.40. The van der Waals surface area contributed by atoms with Crippen molar-refractivity contribution in [3.8, 4) is 11.6 Å². The van der Waals surface area contributed by atoms with Crippen molar-refractivity contribution in [2.45, 2.75) is 139 Å². The second-order valence-electron chi connectivity index (χ2n) is 17.2. The Hall–Kier alpha value is -4.35. The van der Waals surface area contributed by atoms with E-state index in [-0.39, 0.29) is 31.2 Å². The first-order chi connectivity index (χ1) is 27.5. The Morgan fingerprint density at radius 2 is 1.83 bits per heavy atom. The molecule has 2 aliphatic heterocycles. The number of sulfonamides is 1. The van der Waals surface area contributed by atoms with E-state index >= 15 is 0 Å². The number of rotatable bonds is 9. The number of carbonyl (C=O) groups is 4. The first kappa shape index (κ1) is 41.8. The van der Waals surface area contributed by atoms with E-state index < -0.39 is 93.1 Å². The van der Waals surface area contributed by atoms with Crippen molar-refractivity contribution in [1.82, 2.24) is 30.2 Å². The van der Waals surface area contributed by atoms with Gasteiger partial charge in [-0.2, -0.15) is 0 Å². The summed E-state index contributed by atoms with van der Waals surface area (Å²) in [7, 11) is -2.63. The van der Waals surface area contributed by atoms with E-state index in [4.69, 9.17) is 24.2 Å². The predicted octanol–water partition coefficient (Wildman–Crippen LogP) is 4.55. The second-order valence-corrected chi connectivity index (χ2v) is 19.4. The van der Waals surface area contributed by atoms with Gasteiger partial charge in [-0.3, -0.25) is 19.1 Å². The molecule has 0 spiro atoms. The molecule has 0 radical (unpaired) electrons. The minimum absolute atomic E-state index is 0.129. The van der Waals surface area contributed by atoms with Crippen LogP contribution in [-0.4, -0.2) is 102 Å². The van der Waals surface area contributed by atoms with E-state index in [9.17, 15) is 36.4 Å². The topological polar surface area (TPSA) is 195 Å². The molecule has 1 aromatic heterocycles. The lowest BCUT2D eigenvalue weighted by Gasteiger charge is -2.32. The summed E-state index contributed by atoms with van der Waals surface area (Å²) in [6, 6.07) is 4.04. The van der Waals surface area contributed by atoms with Gasteiger partial charge >= 0.3 is 6.09 Å². The van der Waals surface area contributed by atoms with Crippen molar-refractivity contribution < 1.29 is 50.6 Å². The number of halogens is 2. The van der Waals surface area contributed by atoms with Gasteiger partial charge in [-0.05, 0) is 102 Å². The average Bonchev–Trinajstić information content (AvgIpc) is 4.00. The smallest absolute Gasteiger partial charge is 0.408 e. The first-order valence-corrected chi connectivity index (χ1v) is 21.9. The van der Waals surface area contributed by atoms with Gasteiger partial charge in [-0.15, -0.1) is 0 Å². The molecule has 4 fully saturated rings. The van der Waals surface area contributed by atoms with Gasteiger partial charge in [0.2, 0.25) is 34.1 Å². The monoisotopic (exact) mass is 832 g/mol. The summed E-state index contributed by atoms with van der Waals surface area (Å²) in [5, 5.41) is 5.22. The van der Waals surface area contributed by atoms with E-state index in [1.54, 1.807) is 26.2 Å². The van der Waals surface area contributed by atoms with Crippen molar-refractivity contribution in [3.63, 3.8) is 0 Å². The van der Waals surface area contributed by atoms with Crippen molar-refractivity contribution in [2.24, 2.45) is 17.8 Å². The zero-order valence-corrected chi connectivity index (χ0v) is 34.3. The molecule has 7 atom stereocenters. The molecular weight excluding hydrogens is 779 g/mol. The Bertz CT molecular complexity index is 2050. The first-order valence-electron chi connectivity index (χ1n) is 20.5. The maximum absolute atomic E-state index is 14.6. The van der Waals surface area contributed by atoms with Crippen molar-refractivity contribution in [2.75, 3.05) is 20.2 Å². The fourth-order valence-corrected chi connectivity index (χ4v) is 10.5. The standard InChI is InChI=1S/C40H54F2N6O9S/c1-5-26-30-22-48(33(26)34(50)46-40(20-24(40)18-31(41)42)36(51)47-58(53,54)38(2)16-17-38)32(49)21-43-37(52)57-39(3)15-9-11-23(39)10-7-6-8-12-28-35(56-30)45-29-19-25(55-4)13-14-27(29)44-28/h13-14,19,23-24,26,30-31,33H,5-12,15-18,20-22H2,1-4H3,(H,43,52)(H,46,50)(H,47,51)/t23-,24-,26-,30+,33?,39-,40-/m1/s1. The predicted molar refractivity (Wildman–Crippen MR) is 206 cm³/mol. The average molecular weight is 833 g/mol. The van der Waals surface area contributed by atoms with Crippen LogP contribution in [0.5, 0.6) is 11.6 Å². The SMILES string of the molecule is CC[C@H]1C(C(=O)N[C@]2(C(=O)NS(=O)(=O)C3(C)CC3)C[C@H]2CC(F)F)N2C[C@@H]1Oc1nc3cc(OC)ccc3nc1CCCCC[C@@H]1CCC[C@@]1(C)OC(=O)NCC2=O. The van der Waals surface area contributed by atoms with Crippen LogP contribution in [0.25, 0.3) is 11.0 Å². The number of alkyl halides is 2. The van der Waals surface area contributed by atoms with E-state index in [1.807, 2.05) is 13.0 Å². The Morgan fingerprint density at radius 1 is 1.07 bits per heavy atom. The molecule has 18 heteroatoms. The molecule has 7 rings (SSSR count). The van der Waals surface area contributed by atoms with E-state index in [0.717, 1.165) is 38.5 Å². The number of amides is 4. The van der Waals surface area contributed by atoms with Gasteiger partial charge in [0.15, 0.2) is 0 Å². The number of benzene rings is 1. The van der Waals surface area contributed by atoms with E-state index in [2.05, 4.69) is 15.4 Å². The Kier molecular flexibility index (Phi) is 11.5. The van der Waals surface area contributed by atoms with Gasteiger partial charge in [0.1, 0.15) is 41.3 Å². The van der Waals surface area contributed by atoms with Crippen LogP contribution in [0.3, 0.4) is 0 Å². The number of fused-ring (bicyclic) bond motifs is 5. The number of carbonyl (C=O) groups excluding carboxylic acids is 4. The maximum Gasteiger partial charge on any atom is 0.408 e. The number of nitrogens with one attached hydrogen (secondary N) is 3. The second kappa shape index (κ2) is 16.0. The fraction of sp³-hybridized carbons (Fsp3) is 0.700. The zero-order valence-electron chi connectivity index (χ0n) is 33.5. The summed E-state index contributed by atoms with van der Waals surface area (Å²) >= 11 is 0. The lowest BCUT2D eigenvalue weighted by molar-refractivity contribution is -0.140. The molecule has 3 aliphatic carbocycles. The van der Waals surface area contributed by atoms with Crippen LogP contribution in [0.15, 0.2) is 18.2 Å². The molecule has 15 nitrogen and oxygen atoms in total. The largest absolute Gasteiger partial charge is 0.497 e. The molecule has 2 bridgehead atoms. The third-order valence-electron chi connectivity index (χ3n) is 13.2. The van der Waals surface area contributed by atoms with Crippen LogP contribution < -0.4 is 24.8 Å². The third kappa shape index (κ3) is 8.26. The molecule has 2 aromatic rings. The number of hydrogen-bond donors (Lipinski definition) is 3. The Labute approximate surface area is 337 Å². The van der Waals surface area contributed by atoms with Gasteiger partial charge < -0.3 is 29.7 Å². The lowest BCUT2D eigenvalue weighted by atomic mass is 9.87. The molecule has 5 aliphatic rings. The summed E-state index contributed by atoms with van der Waals surface area (Å²) in [5.41, 5.74) is -0.906. The van der Waals surface area contributed by atoms with Gasteiger partial charge in [-0.25, -0.2) is 32.0 Å². The number of hydrogen-bond acceptors (Lipinski definition) is 11. The molecule has 3 saturated carbocycles. The molecular formula is C40H54F2N6O9S. The number of ether oxygens (including phenoxy) is 3. The normalized spacial score (nSPS) is 31.2. The van der Waals surface area contributed by atoms with Crippen LogP contribution in [0.1, 0.15) is 104 Å². The Morgan fingerprint density at radius 3 is 2.53 bits per heavy atom. The molecule has 58 heavy (non-hydrogen) atoms. The van der Waals surface area contributed by atoms with Crippen molar-refractivity contribution >= 4 is 44.9 Å². The third-order valence-corrected chi connectivity index (χ3v) is 15.4. The molecule has 1 unspecified atom stereocenters. The number of aryl methyl sites for hydroxylation is 1. The lowest BCUT2D eigenvalue weighted by Crippen LogP contribution is -2.58. The minimum atomic E-state index is -4.17. The number of methoxy groups -OCH3 is 1. The summed E-state index contributed by atoms with van der Waals surface area (Å²) in [4.78, 5) is 66.7. The van der Waals surface area contributed by atoms with Crippen LogP contribution in [0, 0.1) is 17.8 Å². The number of alkyl carbamates (subject to hydrolysis) is 1. The van der Waals surface area contributed by atoms with E-state index in [0.29, 0.717) is 48.2 Å². The van der Waals surface area contributed by atoms with Crippen LogP contribution in [-0.2, 0) is 35.6 Å². The summed E-state index contributed by atoms with van der Waals surface area (Å²) in [6.07, 6.45) is 2.02. The van der Waals surface area contributed by atoms with Crippen LogP contribution in [0.2, 0.25) is 0 Å². The summed E-state index contributed by atoms with van der Waals surface area (Å²) < 4.78 is 72.6. The van der Waals surface area contributed by atoms with E-state index in [1.165, 1.54) is 11.8 Å². The fourth-order valence-electron chi connectivity index (χ4n) is 9.21. The Balaban J connectivity index is 1.22. The van der Waals surface area contributed by atoms with Crippen LogP contribution in [0.4, 0.5) is 13.6 Å². The molecule has 3 N–H and O–H groups in total. The van der Waals surface area contributed by atoms with Gasteiger partial charge in [0.05, 0.1) is 29.4 Å². The molecule has 4 amide bonds. The van der Waals surface area contributed by atoms with Crippen molar-refractivity contribution in [3.05, 3.63) is 23.9 Å². The number of aromatic nitrogens is 2. The summed E-state index contributed by atoms with van der Waals surface area (Å²) in [6.45, 7) is 4.56.